The quantitative estimate of drug-likeness (QED) is 0.574. The van der Waals surface area contributed by atoms with Crippen LogP contribution in [0, 0.1) is 5.41 Å². The maximum Gasteiger partial charge on any atom is 0.228 e. The predicted molar refractivity (Wildman–Crippen MR) is 53.4 cm³/mol. The molecular formula is C9H17NOS. The van der Waals surface area contributed by atoms with Gasteiger partial charge in [-0.2, -0.15) is 11.8 Å². The third-order valence-corrected chi connectivity index (χ3v) is 2.88. The van der Waals surface area contributed by atoms with Crippen LogP contribution in [0.15, 0.2) is 0 Å². The molecule has 12 heavy (non-hydrogen) atoms. The van der Waals surface area contributed by atoms with Crippen molar-refractivity contribution in [1.29, 1.82) is 0 Å². The summed E-state index contributed by atoms with van der Waals surface area (Å²) < 4.78 is 0. The van der Waals surface area contributed by atoms with Crippen molar-refractivity contribution in [1.82, 2.24) is 4.90 Å². The molecule has 1 amide bonds. The molecule has 70 valence electrons. The van der Waals surface area contributed by atoms with E-state index in [9.17, 15) is 4.79 Å². The molecule has 0 spiro atoms. The first-order valence-corrected chi connectivity index (χ1v) is 5.54. The van der Waals surface area contributed by atoms with Crippen LogP contribution in [0.2, 0.25) is 0 Å². The van der Waals surface area contributed by atoms with Crippen molar-refractivity contribution in [3.05, 3.63) is 0 Å². The van der Waals surface area contributed by atoms with Crippen LogP contribution < -0.4 is 0 Å². The summed E-state index contributed by atoms with van der Waals surface area (Å²) in [6.07, 6.45) is 0. The van der Waals surface area contributed by atoms with E-state index in [0.29, 0.717) is 5.91 Å². The molecule has 0 radical (unpaired) electrons. The highest BCUT2D eigenvalue weighted by atomic mass is 32.2. The van der Waals surface area contributed by atoms with Crippen LogP contribution in [0.4, 0.5) is 0 Å². The third-order valence-electron chi connectivity index (χ3n) is 1.94. The minimum atomic E-state index is -0.206. The molecule has 1 saturated heterocycles. The van der Waals surface area contributed by atoms with E-state index in [4.69, 9.17) is 0 Å². The van der Waals surface area contributed by atoms with E-state index in [1.54, 1.807) is 0 Å². The van der Waals surface area contributed by atoms with Crippen LogP contribution in [0.3, 0.4) is 0 Å². The van der Waals surface area contributed by atoms with Crippen LogP contribution in [-0.4, -0.2) is 35.4 Å². The van der Waals surface area contributed by atoms with Crippen molar-refractivity contribution < 1.29 is 4.79 Å². The maximum atomic E-state index is 11.7. The number of hydrogen-bond donors (Lipinski definition) is 0. The Morgan fingerprint density at radius 2 is 1.75 bits per heavy atom. The zero-order chi connectivity index (χ0) is 9.19. The van der Waals surface area contributed by atoms with Gasteiger partial charge in [0.25, 0.3) is 0 Å². The number of rotatable bonds is 0. The number of nitrogens with zero attached hydrogens (tertiary/aromatic N) is 1. The molecule has 0 bridgehead atoms. The summed E-state index contributed by atoms with van der Waals surface area (Å²) >= 11 is 1.93. The highest BCUT2D eigenvalue weighted by molar-refractivity contribution is 7.99. The Labute approximate surface area is 78.7 Å². The van der Waals surface area contributed by atoms with E-state index in [1.807, 2.05) is 37.4 Å². The summed E-state index contributed by atoms with van der Waals surface area (Å²) in [5.74, 6) is 2.49. The summed E-state index contributed by atoms with van der Waals surface area (Å²) in [6, 6.07) is 0. The number of thioether (sulfide) groups is 1. The van der Waals surface area contributed by atoms with E-state index in [0.717, 1.165) is 24.6 Å². The van der Waals surface area contributed by atoms with E-state index >= 15 is 0 Å². The normalized spacial score (nSPS) is 19.4. The Bertz CT molecular complexity index is 168. The monoisotopic (exact) mass is 187 g/mol. The second kappa shape index (κ2) is 3.69. The summed E-state index contributed by atoms with van der Waals surface area (Å²) in [7, 11) is 0. The molecule has 0 aromatic heterocycles. The minimum Gasteiger partial charge on any atom is -0.341 e. The number of hydrogen-bond acceptors (Lipinski definition) is 2. The van der Waals surface area contributed by atoms with Crippen molar-refractivity contribution in [3.8, 4) is 0 Å². The van der Waals surface area contributed by atoms with Crippen molar-refractivity contribution in [3.63, 3.8) is 0 Å². The van der Waals surface area contributed by atoms with Gasteiger partial charge in [-0.25, -0.2) is 0 Å². The molecular weight excluding hydrogens is 170 g/mol. The van der Waals surface area contributed by atoms with Gasteiger partial charge in [-0.1, -0.05) is 20.8 Å². The first-order valence-electron chi connectivity index (χ1n) is 4.39. The van der Waals surface area contributed by atoms with Gasteiger partial charge in [-0.3, -0.25) is 4.79 Å². The average molecular weight is 187 g/mol. The highest BCUT2D eigenvalue weighted by Crippen LogP contribution is 2.20. The van der Waals surface area contributed by atoms with Gasteiger partial charge in [-0.05, 0) is 0 Å². The Kier molecular flexibility index (Phi) is 3.04. The van der Waals surface area contributed by atoms with E-state index in [-0.39, 0.29) is 5.41 Å². The van der Waals surface area contributed by atoms with E-state index in [1.165, 1.54) is 0 Å². The molecule has 0 aromatic carbocycles. The van der Waals surface area contributed by atoms with Gasteiger partial charge in [-0.15, -0.1) is 0 Å². The van der Waals surface area contributed by atoms with Gasteiger partial charge in [0, 0.05) is 30.0 Å². The standard InChI is InChI=1S/C9H17NOS/c1-9(2,3)8(11)10-4-6-12-7-5-10/h4-7H2,1-3H3. The molecule has 0 unspecified atom stereocenters. The molecule has 0 N–H and O–H groups in total. The fraction of sp³-hybridized carbons (Fsp3) is 0.889. The molecule has 2 nitrogen and oxygen atoms in total. The lowest BCUT2D eigenvalue weighted by Gasteiger charge is -2.32. The molecule has 3 heteroatoms. The molecule has 1 aliphatic heterocycles. The molecule has 1 fully saturated rings. The third kappa shape index (κ3) is 2.41. The SMILES string of the molecule is CC(C)(C)C(=O)N1CCSCC1. The van der Waals surface area contributed by atoms with Crippen LogP contribution in [0.25, 0.3) is 0 Å². The maximum absolute atomic E-state index is 11.7. The molecule has 0 saturated carbocycles. The molecule has 1 rings (SSSR count). The molecule has 0 aliphatic carbocycles. The smallest absolute Gasteiger partial charge is 0.228 e. The number of carbonyl (C=O) groups is 1. The number of amides is 1. The van der Waals surface area contributed by atoms with Crippen molar-refractivity contribution in [2.45, 2.75) is 20.8 Å². The van der Waals surface area contributed by atoms with Gasteiger partial charge in [0.1, 0.15) is 0 Å². The van der Waals surface area contributed by atoms with Gasteiger partial charge in [0.2, 0.25) is 5.91 Å². The van der Waals surface area contributed by atoms with E-state index < -0.39 is 0 Å². The van der Waals surface area contributed by atoms with Crippen molar-refractivity contribution in [2.75, 3.05) is 24.6 Å². The lowest BCUT2D eigenvalue weighted by molar-refractivity contribution is -0.139. The molecule has 0 atom stereocenters. The van der Waals surface area contributed by atoms with Gasteiger partial charge < -0.3 is 4.90 Å². The summed E-state index contributed by atoms with van der Waals surface area (Å²) in [5.41, 5.74) is -0.206. The van der Waals surface area contributed by atoms with E-state index in [2.05, 4.69) is 0 Å². The summed E-state index contributed by atoms with van der Waals surface area (Å²) in [4.78, 5) is 13.7. The van der Waals surface area contributed by atoms with Gasteiger partial charge in [0.05, 0.1) is 0 Å². The Morgan fingerprint density at radius 1 is 1.25 bits per heavy atom. The first-order chi connectivity index (χ1) is 5.52. The lowest BCUT2D eigenvalue weighted by Crippen LogP contribution is -2.43. The number of carbonyl (C=O) groups excluding carboxylic acids is 1. The highest BCUT2D eigenvalue weighted by Gasteiger charge is 2.27. The zero-order valence-electron chi connectivity index (χ0n) is 8.09. The molecule has 1 aliphatic rings. The molecule has 0 aromatic rings. The van der Waals surface area contributed by atoms with Crippen molar-refractivity contribution >= 4 is 17.7 Å². The average Bonchev–Trinajstić information content (AvgIpc) is 2.03. The fourth-order valence-corrected chi connectivity index (χ4v) is 2.14. The Balaban J connectivity index is 2.51. The first kappa shape index (κ1) is 9.90. The predicted octanol–water partition coefficient (Wildman–Crippen LogP) is 1.61. The fourth-order valence-electron chi connectivity index (χ4n) is 1.24. The Morgan fingerprint density at radius 3 is 2.17 bits per heavy atom. The Hall–Kier alpha value is -0.180. The van der Waals surface area contributed by atoms with Gasteiger partial charge >= 0.3 is 0 Å². The topological polar surface area (TPSA) is 20.3 Å². The summed E-state index contributed by atoms with van der Waals surface area (Å²) in [6.45, 7) is 7.81. The van der Waals surface area contributed by atoms with Crippen LogP contribution in [0.5, 0.6) is 0 Å². The second-order valence-electron chi connectivity index (χ2n) is 4.15. The zero-order valence-corrected chi connectivity index (χ0v) is 8.91. The largest absolute Gasteiger partial charge is 0.341 e. The van der Waals surface area contributed by atoms with Gasteiger partial charge in [0.15, 0.2) is 0 Å². The lowest BCUT2D eigenvalue weighted by atomic mass is 9.95. The second-order valence-corrected chi connectivity index (χ2v) is 5.38. The van der Waals surface area contributed by atoms with Crippen LogP contribution in [0.1, 0.15) is 20.8 Å². The minimum absolute atomic E-state index is 0.206. The van der Waals surface area contributed by atoms with Crippen molar-refractivity contribution in [2.24, 2.45) is 5.41 Å². The van der Waals surface area contributed by atoms with Crippen LogP contribution >= 0.6 is 11.8 Å². The summed E-state index contributed by atoms with van der Waals surface area (Å²) in [5, 5.41) is 0. The molecule has 1 heterocycles. The van der Waals surface area contributed by atoms with Crippen LogP contribution in [-0.2, 0) is 4.79 Å².